The van der Waals surface area contributed by atoms with E-state index in [0.29, 0.717) is 0 Å². The van der Waals surface area contributed by atoms with Crippen LogP contribution in [0.25, 0.3) is 0 Å². The topological polar surface area (TPSA) is 43.4 Å². The minimum absolute atomic E-state index is 0.210. The third-order valence-electron chi connectivity index (χ3n) is 1.69. The largest absolute Gasteiger partial charge is 0.468 e. The lowest BCUT2D eigenvalue weighted by molar-refractivity contribution is -0.149. The highest BCUT2D eigenvalue weighted by atomic mass is 19.1. The normalized spacial score (nSPS) is 13.7. The zero-order chi connectivity index (χ0) is 10.4. The Morgan fingerprint density at radius 1 is 1.54 bits per heavy atom. The van der Waals surface area contributed by atoms with Crippen LogP contribution in [0.15, 0.2) is 11.9 Å². The summed E-state index contributed by atoms with van der Waals surface area (Å²) in [5, 5.41) is 0. The van der Waals surface area contributed by atoms with Crippen molar-refractivity contribution in [2.24, 2.45) is 5.92 Å². The van der Waals surface area contributed by atoms with E-state index in [1.54, 1.807) is 0 Å². The molecule has 1 atom stereocenters. The molecule has 0 amide bonds. The summed E-state index contributed by atoms with van der Waals surface area (Å²) >= 11 is 0. The number of rotatable bonds is 4. The lowest BCUT2D eigenvalue weighted by Crippen LogP contribution is -2.23. The van der Waals surface area contributed by atoms with E-state index in [0.717, 1.165) is 0 Å². The molecular weight excluding hydrogens is 175 g/mol. The maximum absolute atomic E-state index is 12.7. The van der Waals surface area contributed by atoms with Crippen LogP contribution in [-0.2, 0) is 14.3 Å². The third-order valence-corrected chi connectivity index (χ3v) is 1.69. The van der Waals surface area contributed by atoms with Crippen molar-refractivity contribution in [3.63, 3.8) is 0 Å². The average molecular weight is 188 g/mol. The molecule has 74 valence electrons. The first-order chi connectivity index (χ1) is 6.02. The van der Waals surface area contributed by atoms with Gasteiger partial charge < -0.3 is 4.74 Å². The smallest absolute Gasteiger partial charge is 0.316 e. The predicted octanol–water partition coefficient (Wildman–Crippen LogP) is 1.63. The molecule has 0 aromatic carbocycles. The quantitative estimate of drug-likeness (QED) is 0.497. The van der Waals surface area contributed by atoms with Gasteiger partial charge in [-0.2, -0.15) is 0 Å². The van der Waals surface area contributed by atoms with Gasteiger partial charge in [0.2, 0.25) is 0 Å². The Balaban J connectivity index is 4.45. The van der Waals surface area contributed by atoms with Gasteiger partial charge in [-0.1, -0.05) is 6.08 Å². The Hall–Kier alpha value is -1.19. The number of allylic oxidation sites excluding steroid dienone is 2. The first-order valence-corrected chi connectivity index (χ1v) is 3.91. The van der Waals surface area contributed by atoms with Gasteiger partial charge in [0.1, 0.15) is 11.7 Å². The van der Waals surface area contributed by atoms with Gasteiger partial charge in [-0.15, -0.1) is 0 Å². The van der Waals surface area contributed by atoms with Gasteiger partial charge in [0, 0.05) is 6.42 Å². The monoisotopic (exact) mass is 188 g/mol. The zero-order valence-corrected chi connectivity index (χ0v) is 7.96. The molecule has 4 heteroatoms. The fraction of sp³-hybridized carbons (Fsp3) is 0.556. The minimum Gasteiger partial charge on any atom is -0.468 e. The Bertz CT molecular complexity index is 233. The first kappa shape index (κ1) is 11.8. The van der Waals surface area contributed by atoms with E-state index < -0.39 is 17.7 Å². The summed E-state index contributed by atoms with van der Waals surface area (Å²) < 4.78 is 17.1. The molecule has 0 aromatic rings. The second-order valence-corrected chi connectivity index (χ2v) is 2.63. The molecule has 0 aliphatic rings. The molecule has 0 fully saturated rings. The number of hydrogen-bond acceptors (Lipinski definition) is 3. The number of Topliss-reactive ketones (excluding diaryl/α,β-unsaturated/α-hetero) is 1. The number of ketones is 1. The number of esters is 1. The van der Waals surface area contributed by atoms with Crippen molar-refractivity contribution >= 4 is 11.8 Å². The molecule has 0 rings (SSSR count). The van der Waals surface area contributed by atoms with E-state index in [4.69, 9.17) is 0 Å². The Morgan fingerprint density at radius 2 is 2.08 bits per heavy atom. The highest BCUT2D eigenvalue weighted by Crippen LogP contribution is 2.15. The number of carbonyl (C=O) groups is 2. The van der Waals surface area contributed by atoms with E-state index in [1.165, 1.54) is 27.0 Å². The van der Waals surface area contributed by atoms with Gasteiger partial charge in [-0.3, -0.25) is 9.59 Å². The van der Waals surface area contributed by atoms with E-state index >= 15 is 0 Å². The van der Waals surface area contributed by atoms with Gasteiger partial charge in [-0.25, -0.2) is 4.39 Å². The molecule has 3 nitrogen and oxygen atoms in total. The maximum atomic E-state index is 12.7. The van der Waals surface area contributed by atoms with Gasteiger partial charge in [0.15, 0.2) is 0 Å². The van der Waals surface area contributed by atoms with Crippen LogP contribution in [0, 0.1) is 5.92 Å². The molecule has 0 saturated carbocycles. The van der Waals surface area contributed by atoms with Crippen molar-refractivity contribution in [2.75, 3.05) is 7.11 Å². The SMILES string of the molecule is C/C=C(\F)CC(C(C)=O)C(=O)OC. The van der Waals surface area contributed by atoms with Gasteiger partial charge in [0.05, 0.1) is 12.9 Å². The molecule has 0 aliphatic heterocycles. The molecule has 1 unspecified atom stereocenters. The molecule has 0 spiro atoms. The van der Waals surface area contributed by atoms with Crippen molar-refractivity contribution in [3.8, 4) is 0 Å². The van der Waals surface area contributed by atoms with Gasteiger partial charge >= 0.3 is 5.97 Å². The number of carbonyl (C=O) groups excluding carboxylic acids is 2. The summed E-state index contributed by atoms with van der Waals surface area (Å²) in [6.07, 6.45) is 1.01. The van der Waals surface area contributed by atoms with Crippen molar-refractivity contribution in [1.29, 1.82) is 0 Å². The standard InChI is InChI=1S/C9H13FO3/c1-4-7(10)5-8(6(2)11)9(12)13-3/h4,8H,5H2,1-3H3/b7-4-. The van der Waals surface area contributed by atoms with Crippen molar-refractivity contribution in [1.82, 2.24) is 0 Å². The van der Waals surface area contributed by atoms with E-state index in [2.05, 4.69) is 4.74 Å². The van der Waals surface area contributed by atoms with Crippen LogP contribution >= 0.6 is 0 Å². The first-order valence-electron chi connectivity index (χ1n) is 3.91. The summed E-state index contributed by atoms with van der Waals surface area (Å²) in [4.78, 5) is 21.9. The molecule has 13 heavy (non-hydrogen) atoms. The number of hydrogen-bond donors (Lipinski definition) is 0. The van der Waals surface area contributed by atoms with Gasteiger partial charge in [0.25, 0.3) is 0 Å². The fourth-order valence-corrected chi connectivity index (χ4v) is 0.848. The number of ether oxygens (including phenoxy) is 1. The molecule has 0 aromatic heterocycles. The van der Waals surface area contributed by atoms with Gasteiger partial charge in [-0.05, 0) is 13.8 Å². The fourth-order valence-electron chi connectivity index (χ4n) is 0.848. The summed E-state index contributed by atoms with van der Waals surface area (Å²) in [5.41, 5.74) is 0. The molecule has 0 N–H and O–H groups in total. The van der Waals surface area contributed by atoms with Crippen molar-refractivity contribution < 1.29 is 18.7 Å². The lowest BCUT2D eigenvalue weighted by atomic mass is 10.0. The molecule has 0 heterocycles. The predicted molar refractivity (Wildman–Crippen MR) is 45.7 cm³/mol. The van der Waals surface area contributed by atoms with Crippen molar-refractivity contribution in [3.05, 3.63) is 11.9 Å². The lowest BCUT2D eigenvalue weighted by Gasteiger charge is -2.09. The summed E-state index contributed by atoms with van der Waals surface area (Å²) in [6, 6.07) is 0. The van der Waals surface area contributed by atoms with Crippen LogP contribution in [0.5, 0.6) is 0 Å². The zero-order valence-electron chi connectivity index (χ0n) is 7.96. The third kappa shape index (κ3) is 3.83. The highest BCUT2D eigenvalue weighted by Gasteiger charge is 2.25. The van der Waals surface area contributed by atoms with E-state index in [9.17, 15) is 14.0 Å². The number of methoxy groups -OCH3 is 1. The van der Waals surface area contributed by atoms with Crippen LogP contribution in [-0.4, -0.2) is 18.9 Å². The summed E-state index contributed by atoms with van der Waals surface area (Å²) in [5.74, 6) is -2.57. The van der Waals surface area contributed by atoms with Crippen LogP contribution in [0.4, 0.5) is 4.39 Å². The molecule has 0 bridgehead atoms. The van der Waals surface area contributed by atoms with E-state index in [1.807, 2.05) is 0 Å². The Morgan fingerprint density at radius 3 is 2.38 bits per heavy atom. The minimum atomic E-state index is -1.01. The maximum Gasteiger partial charge on any atom is 0.316 e. The molecule has 0 radical (unpaired) electrons. The van der Waals surface area contributed by atoms with Crippen LogP contribution in [0.1, 0.15) is 20.3 Å². The second kappa shape index (κ2) is 5.45. The second-order valence-electron chi connectivity index (χ2n) is 2.63. The molecular formula is C9H13FO3. The Kier molecular flexibility index (Phi) is 4.96. The van der Waals surface area contributed by atoms with Crippen LogP contribution in [0.3, 0.4) is 0 Å². The van der Waals surface area contributed by atoms with Crippen molar-refractivity contribution in [2.45, 2.75) is 20.3 Å². The van der Waals surface area contributed by atoms with E-state index in [-0.39, 0.29) is 12.2 Å². The number of halogens is 1. The average Bonchev–Trinajstić information content (AvgIpc) is 2.11. The van der Waals surface area contributed by atoms with Crippen LogP contribution in [0.2, 0.25) is 0 Å². The Labute approximate surface area is 76.6 Å². The molecule has 0 aliphatic carbocycles. The summed E-state index contributed by atoms with van der Waals surface area (Å²) in [7, 11) is 1.17. The molecule has 0 saturated heterocycles. The highest BCUT2D eigenvalue weighted by molar-refractivity contribution is 5.97. The summed E-state index contributed by atoms with van der Waals surface area (Å²) in [6.45, 7) is 2.74. The van der Waals surface area contributed by atoms with Crippen LogP contribution < -0.4 is 0 Å².